The van der Waals surface area contributed by atoms with Crippen molar-refractivity contribution in [3.63, 3.8) is 0 Å². The maximum atomic E-state index is 12.5. The van der Waals surface area contributed by atoms with Gasteiger partial charge in [-0.3, -0.25) is 4.72 Å². The lowest BCUT2D eigenvalue weighted by Crippen LogP contribution is -2.20. The fourth-order valence-corrected chi connectivity index (χ4v) is 4.59. The van der Waals surface area contributed by atoms with Crippen molar-refractivity contribution in [2.45, 2.75) is 30.6 Å². The zero-order valence-corrected chi connectivity index (χ0v) is 19.0. The molecule has 0 amide bonds. The van der Waals surface area contributed by atoms with E-state index in [-0.39, 0.29) is 9.79 Å². The maximum absolute atomic E-state index is 12.5. The summed E-state index contributed by atoms with van der Waals surface area (Å²) >= 11 is 0. The number of nitrogens with one attached hydrogen (secondary N) is 2. The lowest BCUT2D eigenvalue weighted by molar-refractivity contribution is 0.584. The standard InChI is InChI=1S/C22H23N3O4S2/c1-16-4-12-21(13-5-16)30(26,27)24-20-10-8-19(9-11-20)18(3)23-25-31(28,29)22-14-6-17(2)7-15-22/h4-15,24-25H,1-3H3. The van der Waals surface area contributed by atoms with Crippen LogP contribution in [0.2, 0.25) is 0 Å². The monoisotopic (exact) mass is 457 g/mol. The highest BCUT2D eigenvalue weighted by Gasteiger charge is 2.15. The van der Waals surface area contributed by atoms with Crippen LogP contribution in [0.25, 0.3) is 0 Å². The molecule has 0 atom stereocenters. The third-order valence-corrected chi connectivity index (χ3v) is 7.17. The third kappa shape index (κ3) is 5.71. The molecule has 3 aromatic carbocycles. The van der Waals surface area contributed by atoms with Gasteiger partial charge >= 0.3 is 0 Å². The van der Waals surface area contributed by atoms with Gasteiger partial charge in [0, 0.05) is 5.69 Å². The molecule has 162 valence electrons. The number of benzene rings is 3. The number of hydrogen-bond acceptors (Lipinski definition) is 5. The van der Waals surface area contributed by atoms with Crippen LogP contribution in [0.15, 0.2) is 87.7 Å². The maximum Gasteiger partial charge on any atom is 0.276 e. The summed E-state index contributed by atoms with van der Waals surface area (Å²) in [5.74, 6) is 0. The van der Waals surface area contributed by atoms with E-state index in [2.05, 4.69) is 14.7 Å². The molecule has 0 aliphatic carbocycles. The number of hydrogen-bond donors (Lipinski definition) is 2. The van der Waals surface area contributed by atoms with Gasteiger partial charge in [-0.05, 0) is 62.7 Å². The first kappa shape index (κ1) is 22.5. The Morgan fingerprint density at radius 1 is 0.677 bits per heavy atom. The van der Waals surface area contributed by atoms with E-state index in [0.717, 1.165) is 11.1 Å². The van der Waals surface area contributed by atoms with Crippen molar-refractivity contribution in [1.29, 1.82) is 0 Å². The fraction of sp³-hybridized carbons (Fsp3) is 0.136. The molecule has 7 nitrogen and oxygen atoms in total. The molecule has 0 fully saturated rings. The predicted octanol–water partition coefficient (Wildman–Crippen LogP) is 3.81. The Bertz CT molecular complexity index is 1300. The van der Waals surface area contributed by atoms with Gasteiger partial charge < -0.3 is 0 Å². The van der Waals surface area contributed by atoms with Crippen LogP contribution in [0.4, 0.5) is 5.69 Å². The first-order chi connectivity index (χ1) is 14.6. The summed E-state index contributed by atoms with van der Waals surface area (Å²) in [6, 6.07) is 19.5. The number of hydrazone groups is 1. The molecule has 0 bridgehead atoms. The van der Waals surface area contributed by atoms with Gasteiger partial charge in [0.05, 0.1) is 15.5 Å². The Kier molecular flexibility index (Phi) is 6.47. The molecule has 3 aromatic rings. The number of nitrogens with zero attached hydrogens (tertiary/aromatic N) is 1. The Labute approximate surface area is 182 Å². The molecule has 9 heteroatoms. The van der Waals surface area contributed by atoms with Gasteiger partial charge in [-0.15, -0.1) is 0 Å². The third-order valence-electron chi connectivity index (χ3n) is 4.55. The first-order valence-electron chi connectivity index (χ1n) is 9.39. The van der Waals surface area contributed by atoms with E-state index in [9.17, 15) is 16.8 Å². The average Bonchev–Trinajstić information content (AvgIpc) is 2.73. The Hall–Kier alpha value is -3.17. The highest BCUT2D eigenvalue weighted by molar-refractivity contribution is 7.92. The van der Waals surface area contributed by atoms with E-state index < -0.39 is 20.0 Å². The second-order valence-corrected chi connectivity index (χ2v) is 10.4. The summed E-state index contributed by atoms with van der Waals surface area (Å²) in [5.41, 5.74) is 3.39. The lowest BCUT2D eigenvalue weighted by atomic mass is 10.1. The van der Waals surface area contributed by atoms with Crippen LogP contribution in [0.1, 0.15) is 23.6 Å². The van der Waals surface area contributed by atoms with Crippen LogP contribution in [0, 0.1) is 13.8 Å². The zero-order chi connectivity index (χ0) is 22.6. The van der Waals surface area contributed by atoms with Crippen molar-refractivity contribution in [2.75, 3.05) is 4.72 Å². The average molecular weight is 458 g/mol. The molecule has 3 rings (SSSR count). The van der Waals surface area contributed by atoms with Gasteiger partial charge in [0.2, 0.25) is 0 Å². The van der Waals surface area contributed by atoms with Crippen molar-refractivity contribution in [2.24, 2.45) is 5.10 Å². The van der Waals surface area contributed by atoms with E-state index in [1.54, 1.807) is 67.6 Å². The summed E-state index contributed by atoms with van der Waals surface area (Å²) in [6.45, 7) is 5.41. The number of sulfonamides is 2. The molecule has 0 heterocycles. The van der Waals surface area contributed by atoms with Gasteiger partial charge in [-0.2, -0.15) is 18.4 Å². The molecule has 0 aromatic heterocycles. The van der Waals surface area contributed by atoms with Crippen LogP contribution in [-0.4, -0.2) is 22.5 Å². The van der Waals surface area contributed by atoms with Crippen LogP contribution >= 0.6 is 0 Å². The van der Waals surface area contributed by atoms with Crippen molar-refractivity contribution in [3.05, 3.63) is 89.5 Å². The minimum absolute atomic E-state index is 0.121. The zero-order valence-electron chi connectivity index (χ0n) is 17.3. The van der Waals surface area contributed by atoms with Gasteiger partial charge in [-0.1, -0.05) is 47.5 Å². The summed E-state index contributed by atoms with van der Waals surface area (Å²) in [6.07, 6.45) is 0. The number of rotatable bonds is 7. The first-order valence-corrected chi connectivity index (χ1v) is 12.4. The summed E-state index contributed by atoms with van der Waals surface area (Å²) in [5, 5.41) is 3.96. The smallest absolute Gasteiger partial charge is 0.276 e. The second kappa shape index (κ2) is 8.91. The van der Waals surface area contributed by atoms with Crippen molar-refractivity contribution in [3.8, 4) is 0 Å². The minimum atomic E-state index is -3.78. The normalized spacial score (nSPS) is 12.4. The van der Waals surface area contributed by atoms with E-state index in [1.807, 2.05) is 13.8 Å². The molecule has 0 aliphatic rings. The highest BCUT2D eigenvalue weighted by Crippen LogP contribution is 2.18. The molecule has 0 saturated heterocycles. The van der Waals surface area contributed by atoms with Gasteiger partial charge in [0.1, 0.15) is 0 Å². The molecular formula is C22H23N3O4S2. The van der Waals surface area contributed by atoms with Crippen LogP contribution < -0.4 is 9.55 Å². The summed E-state index contributed by atoms with van der Waals surface area (Å²) in [7, 11) is -7.47. The lowest BCUT2D eigenvalue weighted by Gasteiger charge is -2.09. The molecule has 0 unspecified atom stereocenters. The Morgan fingerprint density at radius 2 is 1.13 bits per heavy atom. The SMILES string of the molecule is CC(=NNS(=O)(=O)c1ccc(C)cc1)c1ccc(NS(=O)(=O)c2ccc(C)cc2)cc1. The molecule has 0 spiro atoms. The van der Waals surface area contributed by atoms with E-state index >= 15 is 0 Å². The molecule has 31 heavy (non-hydrogen) atoms. The summed E-state index contributed by atoms with van der Waals surface area (Å²) in [4.78, 5) is 2.51. The van der Waals surface area contributed by atoms with Crippen molar-refractivity contribution >= 4 is 31.4 Å². The van der Waals surface area contributed by atoms with Crippen LogP contribution in [0.5, 0.6) is 0 Å². The number of anilines is 1. The minimum Gasteiger partial charge on any atom is -0.280 e. The molecule has 2 N–H and O–H groups in total. The van der Waals surface area contributed by atoms with Crippen LogP contribution in [-0.2, 0) is 20.0 Å². The van der Waals surface area contributed by atoms with E-state index in [4.69, 9.17) is 0 Å². The Morgan fingerprint density at radius 3 is 1.61 bits per heavy atom. The fourth-order valence-electron chi connectivity index (χ4n) is 2.67. The molecule has 0 aliphatic heterocycles. The van der Waals surface area contributed by atoms with Crippen molar-refractivity contribution in [1.82, 2.24) is 4.83 Å². The predicted molar refractivity (Wildman–Crippen MR) is 122 cm³/mol. The Balaban J connectivity index is 1.71. The quantitative estimate of drug-likeness (QED) is 0.416. The van der Waals surface area contributed by atoms with Gasteiger partial charge in [0.25, 0.3) is 20.0 Å². The number of aryl methyl sites for hydroxylation is 2. The van der Waals surface area contributed by atoms with Gasteiger partial charge in [-0.25, -0.2) is 8.42 Å². The highest BCUT2D eigenvalue weighted by atomic mass is 32.2. The second-order valence-electron chi connectivity index (χ2n) is 7.10. The van der Waals surface area contributed by atoms with E-state index in [0.29, 0.717) is 17.0 Å². The summed E-state index contributed by atoms with van der Waals surface area (Å²) < 4.78 is 52.2. The molecule has 0 saturated carbocycles. The van der Waals surface area contributed by atoms with Gasteiger partial charge in [0.15, 0.2) is 0 Å². The topological polar surface area (TPSA) is 105 Å². The molecule has 0 radical (unpaired) electrons. The van der Waals surface area contributed by atoms with Crippen molar-refractivity contribution < 1.29 is 16.8 Å². The largest absolute Gasteiger partial charge is 0.280 e. The molecular weight excluding hydrogens is 434 g/mol. The van der Waals surface area contributed by atoms with E-state index in [1.165, 1.54) is 12.1 Å². The van der Waals surface area contributed by atoms with Crippen LogP contribution in [0.3, 0.4) is 0 Å².